The van der Waals surface area contributed by atoms with Gasteiger partial charge in [0.2, 0.25) is 5.91 Å². The van der Waals surface area contributed by atoms with E-state index in [0.717, 1.165) is 31.5 Å². The highest BCUT2D eigenvalue weighted by Crippen LogP contribution is 2.22. The Balaban J connectivity index is 2.03. The zero-order chi connectivity index (χ0) is 13.8. The van der Waals surface area contributed by atoms with Gasteiger partial charge in [0.25, 0.3) is 0 Å². The van der Waals surface area contributed by atoms with Gasteiger partial charge in [0.05, 0.1) is 12.0 Å². The summed E-state index contributed by atoms with van der Waals surface area (Å²) in [6, 6.07) is 6.32. The molecule has 2 atom stereocenters. The minimum atomic E-state index is -0.249. The van der Waals surface area contributed by atoms with E-state index in [1.165, 1.54) is 12.1 Å². The van der Waals surface area contributed by atoms with Gasteiger partial charge in [-0.05, 0) is 44.0 Å². The van der Waals surface area contributed by atoms with Crippen LogP contribution in [0.2, 0.25) is 0 Å². The molecular weight excluding hydrogens is 243 g/mol. The van der Waals surface area contributed by atoms with E-state index >= 15 is 0 Å². The summed E-state index contributed by atoms with van der Waals surface area (Å²) in [5.41, 5.74) is 0.959. The van der Waals surface area contributed by atoms with E-state index in [9.17, 15) is 9.18 Å². The molecule has 1 aliphatic heterocycles. The quantitative estimate of drug-likeness (QED) is 0.909. The van der Waals surface area contributed by atoms with Crippen LogP contribution < -0.4 is 5.32 Å². The summed E-state index contributed by atoms with van der Waals surface area (Å²) in [7, 11) is 1.82. The molecule has 0 spiro atoms. The van der Waals surface area contributed by atoms with Crippen LogP contribution in [0.1, 0.15) is 31.4 Å². The average molecular weight is 264 g/mol. The Morgan fingerprint density at radius 3 is 2.68 bits per heavy atom. The monoisotopic (exact) mass is 264 g/mol. The molecule has 104 valence electrons. The molecule has 2 rings (SSSR count). The van der Waals surface area contributed by atoms with Crippen LogP contribution in [-0.2, 0) is 4.79 Å². The second kappa shape index (κ2) is 6.15. The molecule has 1 N–H and O–H groups in total. The Labute approximate surface area is 113 Å². The molecule has 1 heterocycles. The number of piperidine rings is 1. The summed E-state index contributed by atoms with van der Waals surface area (Å²) >= 11 is 0. The highest BCUT2D eigenvalue weighted by molar-refractivity contribution is 5.79. The predicted molar refractivity (Wildman–Crippen MR) is 73.2 cm³/mol. The summed E-state index contributed by atoms with van der Waals surface area (Å²) in [6.45, 7) is 3.74. The topological polar surface area (TPSA) is 32.3 Å². The van der Waals surface area contributed by atoms with Crippen molar-refractivity contribution in [3.05, 3.63) is 35.6 Å². The highest BCUT2D eigenvalue weighted by atomic mass is 19.1. The van der Waals surface area contributed by atoms with Gasteiger partial charge < -0.3 is 10.2 Å². The Kier molecular flexibility index (Phi) is 4.53. The fourth-order valence-corrected chi connectivity index (χ4v) is 2.51. The fourth-order valence-electron chi connectivity index (χ4n) is 2.51. The summed E-state index contributed by atoms with van der Waals surface area (Å²) in [5.74, 6) is -0.00733. The van der Waals surface area contributed by atoms with Crippen LogP contribution >= 0.6 is 0 Å². The van der Waals surface area contributed by atoms with Gasteiger partial charge in [0.1, 0.15) is 5.82 Å². The molecule has 0 bridgehead atoms. The number of amides is 1. The fraction of sp³-hybridized carbons (Fsp3) is 0.533. The van der Waals surface area contributed by atoms with Crippen molar-refractivity contribution in [3.63, 3.8) is 0 Å². The van der Waals surface area contributed by atoms with Crippen molar-refractivity contribution < 1.29 is 9.18 Å². The lowest BCUT2D eigenvalue weighted by molar-refractivity contribution is -0.136. The molecule has 0 aromatic heterocycles. The van der Waals surface area contributed by atoms with Crippen molar-refractivity contribution in [1.82, 2.24) is 10.2 Å². The number of carbonyl (C=O) groups is 1. The molecule has 0 saturated carbocycles. The van der Waals surface area contributed by atoms with Crippen molar-refractivity contribution in [2.24, 2.45) is 5.92 Å². The van der Waals surface area contributed by atoms with Gasteiger partial charge in [-0.1, -0.05) is 12.1 Å². The zero-order valence-corrected chi connectivity index (χ0v) is 11.5. The van der Waals surface area contributed by atoms with Gasteiger partial charge in [-0.25, -0.2) is 4.39 Å². The number of hydrogen-bond acceptors (Lipinski definition) is 2. The molecule has 0 radical (unpaired) electrons. The number of nitrogens with one attached hydrogen (secondary N) is 1. The minimum Gasteiger partial charge on any atom is -0.339 e. The van der Waals surface area contributed by atoms with Crippen LogP contribution in [0.3, 0.4) is 0 Å². The summed E-state index contributed by atoms with van der Waals surface area (Å²) in [4.78, 5) is 14.2. The van der Waals surface area contributed by atoms with E-state index in [1.54, 1.807) is 17.0 Å². The Morgan fingerprint density at radius 2 is 2.11 bits per heavy atom. The molecule has 1 amide bonds. The van der Waals surface area contributed by atoms with Crippen molar-refractivity contribution >= 4 is 5.91 Å². The lowest BCUT2D eigenvalue weighted by Crippen LogP contribution is -2.42. The molecule has 19 heavy (non-hydrogen) atoms. The normalized spacial score (nSPS) is 20.9. The van der Waals surface area contributed by atoms with E-state index in [4.69, 9.17) is 0 Å². The SMILES string of the molecule is CC(c1ccc(F)cc1)N(C)C(=O)[C@H]1CCCNC1. The van der Waals surface area contributed by atoms with E-state index in [1.807, 2.05) is 14.0 Å². The first-order chi connectivity index (χ1) is 9.09. The third kappa shape index (κ3) is 3.32. The van der Waals surface area contributed by atoms with Crippen LogP contribution in [0.5, 0.6) is 0 Å². The third-order valence-electron chi connectivity index (χ3n) is 3.93. The zero-order valence-electron chi connectivity index (χ0n) is 11.5. The summed E-state index contributed by atoms with van der Waals surface area (Å²) in [5, 5.41) is 3.26. The van der Waals surface area contributed by atoms with Gasteiger partial charge in [-0.3, -0.25) is 4.79 Å². The minimum absolute atomic E-state index is 0.0324. The molecule has 1 unspecified atom stereocenters. The Bertz CT molecular complexity index is 426. The largest absolute Gasteiger partial charge is 0.339 e. The van der Waals surface area contributed by atoms with Crippen LogP contribution in [0.4, 0.5) is 4.39 Å². The first kappa shape index (κ1) is 14.0. The summed E-state index contributed by atoms with van der Waals surface area (Å²) < 4.78 is 12.9. The van der Waals surface area contributed by atoms with Gasteiger partial charge in [-0.2, -0.15) is 0 Å². The molecule has 3 nitrogen and oxygen atoms in total. The van der Waals surface area contributed by atoms with Crippen molar-refractivity contribution in [1.29, 1.82) is 0 Å². The number of carbonyl (C=O) groups excluding carboxylic acids is 1. The number of halogens is 1. The lowest BCUT2D eigenvalue weighted by Gasteiger charge is -2.31. The van der Waals surface area contributed by atoms with E-state index in [-0.39, 0.29) is 23.7 Å². The second-order valence-corrected chi connectivity index (χ2v) is 5.22. The van der Waals surface area contributed by atoms with Crippen LogP contribution in [-0.4, -0.2) is 30.9 Å². The number of benzene rings is 1. The number of hydrogen-bond donors (Lipinski definition) is 1. The lowest BCUT2D eigenvalue weighted by atomic mass is 9.97. The summed E-state index contributed by atoms with van der Waals surface area (Å²) in [6.07, 6.45) is 2.00. The smallest absolute Gasteiger partial charge is 0.227 e. The van der Waals surface area contributed by atoms with E-state index in [2.05, 4.69) is 5.32 Å². The Morgan fingerprint density at radius 1 is 1.42 bits per heavy atom. The molecule has 0 aliphatic carbocycles. The molecule has 1 aromatic carbocycles. The van der Waals surface area contributed by atoms with E-state index < -0.39 is 0 Å². The number of nitrogens with zero attached hydrogens (tertiary/aromatic N) is 1. The van der Waals surface area contributed by atoms with Crippen molar-refractivity contribution in [3.8, 4) is 0 Å². The molecule has 4 heteroatoms. The van der Waals surface area contributed by atoms with Crippen LogP contribution in [0.15, 0.2) is 24.3 Å². The average Bonchev–Trinajstić information content (AvgIpc) is 2.46. The maximum absolute atomic E-state index is 12.9. The van der Waals surface area contributed by atoms with Gasteiger partial charge in [0, 0.05) is 13.6 Å². The number of rotatable bonds is 3. The van der Waals surface area contributed by atoms with Gasteiger partial charge in [0.15, 0.2) is 0 Å². The molecule has 1 fully saturated rings. The van der Waals surface area contributed by atoms with Crippen molar-refractivity contribution in [2.45, 2.75) is 25.8 Å². The molecule has 1 saturated heterocycles. The van der Waals surface area contributed by atoms with Crippen molar-refractivity contribution in [2.75, 3.05) is 20.1 Å². The van der Waals surface area contributed by atoms with Crippen LogP contribution in [0, 0.1) is 11.7 Å². The maximum atomic E-state index is 12.9. The molecule has 1 aliphatic rings. The first-order valence-corrected chi connectivity index (χ1v) is 6.82. The maximum Gasteiger partial charge on any atom is 0.227 e. The standard InChI is InChI=1S/C15H21FN2O/c1-11(12-5-7-14(16)8-6-12)18(2)15(19)13-4-3-9-17-10-13/h5-8,11,13,17H,3-4,9-10H2,1-2H3/t11?,13-/m0/s1. The third-order valence-corrected chi connectivity index (χ3v) is 3.93. The predicted octanol–water partition coefficient (Wildman–Crippen LogP) is 2.34. The molecular formula is C15H21FN2O. The van der Waals surface area contributed by atoms with Gasteiger partial charge in [-0.15, -0.1) is 0 Å². The first-order valence-electron chi connectivity index (χ1n) is 6.82. The van der Waals surface area contributed by atoms with Gasteiger partial charge >= 0.3 is 0 Å². The molecule has 1 aromatic rings. The Hall–Kier alpha value is -1.42. The van der Waals surface area contributed by atoms with E-state index in [0.29, 0.717) is 0 Å². The van der Waals surface area contributed by atoms with Crippen LogP contribution in [0.25, 0.3) is 0 Å². The second-order valence-electron chi connectivity index (χ2n) is 5.22. The highest BCUT2D eigenvalue weighted by Gasteiger charge is 2.26.